The molecule has 2 amide bonds. The van der Waals surface area contributed by atoms with Gasteiger partial charge in [-0.15, -0.1) is 0 Å². The second kappa shape index (κ2) is 9.66. The average Bonchev–Trinajstić information content (AvgIpc) is 2.64. The largest absolute Gasteiger partial charge is 0.448 e. The third-order valence-corrected chi connectivity index (χ3v) is 3.77. The van der Waals surface area contributed by atoms with Crippen molar-refractivity contribution in [2.75, 3.05) is 5.32 Å². The second-order valence-corrected chi connectivity index (χ2v) is 6.22. The SMILES string of the molecule is CC(=O)N/C(=C\c1ccccc1)C(=O)O[C@H](C)C(=O)Nc1ccc(F)c(Cl)c1. The fraction of sp³-hybridized carbons (Fsp3) is 0.150. The van der Waals surface area contributed by atoms with Gasteiger partial charge >= 0.3 is 5.97 Å². The molecule has 1 atom stereocenters. The fourth-order valence-corrected chi connectivity index (χ4v) is 2.33. The van der Waals surface area contributed by atoms with Gasteiger partial charge in [-0.25, -0.2) is 9.18 Å². The van der Waals surface area contributed by atoms with Crippen LogP contribution in [-0.4, -0.2) is 23.9 Å². The van der Waals surface area contributed by atoms with Crippen LogP contribution in [0.5, 0.6) is 0 Å². The molecular formula is C20H18ClFN2O4. The molecule has 0 aliphatic carbocycles. The van der Waals surface area contributed by atoms with E-state index >= 15 is 0 Å². The van der Waals surface area contributed by atoms with Crippen molar-refractivity contribution in [2.24, 2.45) is 0 Å². The molecule has 0 fully saturated rings. The van der Waals surface area contributed by atoms with Crippen LogP contribution >= 0.6 is 11.6 Å². The van der Waals surface area contributed by atoms with E-state index in [9.17, 15) is 18.8 Å². The van der Waals surface area contributed by atoms with Gasteiger partial charge in [0.2, 0.25) is 5.91 Å². The predicted octanol–water partition coefficient (Wildman–Crippen LogP) is 3.53. The number of nitrogens with one attached hydrogen (secondary N) is 2. The van der Waals surface area contributed by atoms with Gasteiger partial charge in [-0.05, 0) is 36.8 Å². The molecule has 0 aliphatic rings. The van der Waals surface area contributed by atoms with Crippen LogP contribution in [0.3, 0.4) is 0 Å². The van der Waals surface area contributed by atoms with Crippen LogP contribution in [0.25, 0.3) is 6.08 Å². The molecule has 8 heteroatoms. The Labute approximate surface area is 166 Å². The average molecular weight is 405 g/mol. The molecule has 0 unspecified atom stereocenters. The molecule has 146 valence electrons. The zero-order valence-corrected chi connectivity index (χ0v) is 15.9. The molecule has 0 saturated carbocycles. The van der Waals surface area contributed by atoms with Gasteiger partial charge in [-0.3, -0.25) is 9.59 Å². The minimum Gasteiger partial charge on any atom is -0.448 e. The van der Waals surface area contributed by atoms with Gasteiger partial charge in [-0.2, -0.15) is 0 Å². The summed E-state index contributed by atoms with van der Waals surface area (Å²) in [5.74, 6) is -2.60. The number of anilines is 1. The van der Waals surface area contributed by atoms with Crippen LogP contribution in [0.2, 0.25) is 5.02 Å². The molecule has 0 spiro atoms. The molecule has 6 nitrogen and oxygen atoms in total. The van der Waals surface area contributed by atoms with Crippen molar-refractivity contribution in [2.45, 2.75) is 20.0 Å². The van der Waals surface area contributed by atoms with Gasteiger partial charge in [-0.1, -0.05) is 41.9 Å². The number of benzene rings is 2. The summed E-state index contributed by atoms with van der Waals surface area (Å²) in [5.41, 5.74) is 0.811. The van der Waals surface area contributed by atoms with Crippen molar-refractivity contribution in [1.82, 2.24) is 5.32 Å². The molecule has 0 heterocycles. The summed E-state index contributed by atoms with van der Waals surface area (Å²) in [5, 5.41) is 4.71. The van der Waals surface area contributed by atoms with Crippen molar-refractivity contribution in [3.63, 3.8) is 0 Å². The number of esters is 1. The first-order valence-electron chi connectivity index (χ1n) is 8.27. The van der Waals surface area contributed by atoms with E-state index in [0.717, 1.165) is 6.07 Å². The summed E-state index contributed by atoms with van der Waals surface area (Å²) >= 11 is 5.67. The smallest absolute Gasteiger partial charge is 0.355 e. The highest BCUT2D eigenvalue weighted by molar-refractivity contribution is 6.31. The van der Waals surface area contributed by atoms with Crippen LogP contribution in [0.1, 0.15) is 19.4 Å². The first-order valence-corrected chi connectivity index (χ1v) is 8.65. The number of rotatable bonds is 6. The number of halogens is 2. The Balaban J connectivity index is 2.08. The van der Waals surface area contributed by atoms with E-state index in [1.807, 2.05) is 6.07 Å². The lowest BCUT2D eigenvalue weighted by atomic mass is 10.2. The maximum atomic E-state index is 13.2. The lowest BCUT2D eigenvalue weighted by Gasteiger charge is -2.15. The van der Waals surface area contributed by atoms with Gasteiger partial charge in [0.15, 0.2) is 6.10 Å². The number of ether oxygens (including phenoxy) is 1. The standard InChI is InChI=1S/C20H18ClFN2O4/c1-12(19(26)24-15-8-9-17(22)16(21)11-15)28-20(27)18(23-13(2)25)10-14-6-4-3-5-7-14/h3-12H,1-2H3,(H,23,25)(H,24,26)/b18-10-/t12-/m1/s1. The Morgan fingerprint density at radius 3 is 2.43 bits per heavy atom. The summed E-state index contributed by atoms with van der Waals surface area (Å²) in [6.45, 7) is 2.62. The number of hydrogen-bond acceptors (Lipinski definition) is 4. The maximum absolute atomic E-state index is 13.2. The first kappa shape index (κ1) is 21.1. The zero-order valence-electron chi connectivity index (χ0n) is 15.2. The summed E-state index contributed by atoms with van der Waals surface area (Å²) < 4.78 is 18.3. The van der Waals surface area contributed by atoms with Gasteiger partial charge in [0.25, 0.3) is 5.91 Å². The van der Waals surface area contributed by atoms with E-state index < -0.39 is 29.7 Å². The van der Waals surface area contributed by atoms with Crippen molar-refractivity contribution in [1.29, 1.82) is 0 Å². The molecule has 2 N–H and O–H groups in total. The van der Waals surface area contributed by atoms with E-state index in [0.29, 0.717) is 5.56 Å². The third-order valence-electron chi connectivity index (χ3n) is 3.48. The molecule has 2 aromatic carbocycles. The highest BCUT2D eigenvalue weighted by Gasteiger charge is 2.21. The van der Waals surface area contributed by atoms with Crippen LogP contribution < -0.4 is 10.6 Å². The van der Waals surface area contributed by atoms with E-state index in [2.05, 4.69) is 10.6 Å². The van der Waals surface area contributed by atoms with Crippen LogP contribution in [-0.2, 0) is 19.1 Å². The van der Waals surface area contributed by atoms with Gasteiger partial charge in [0, 0.05) is 12.6 Å². The minimum absolute atomic E-state index is 0.108. The number of carbonyl (C=O) groups excluding carboxylic acids is 3. The van der Waals surface area contributed by atoms with Gasteiger partial charge < -0.3 is 15.4 Å². The van der Waals surface area contributed by atoms with Crippen LogP contribution in [0.4, 0.5) is 10.1 Å². The Kier molecular flexibility index (Phi) is 7.28. The summed E-state index contributed by atoms with van der Waals surface area (Å²) in [6.07, 6.45) is 0.262. The van der Waals surface area contributed by atoms with Crippen molar-refractivity contribution in [3.8, 4) is 0 Å². The molecule has 0 aliphatic heterocycles. The fourth-order valence-electron chi connectivity index (χ4n) is 2.15. The van der Waals surface area contributed by atoms with E-state index in [1.165, 1.54) is 32.1 Å². The molecular weight excluding hydrogens is 387 g/mol. The number of carbonyl (C=O) groups is 3. The minimum atomic E-state index is -1.18. The molecule has 0 saturated heterocycles. The van der Waals surface area contributed by atoms with Crippen molar-refractivity contribution >= 4 is 41.1 Å². The van der Waals surface area contributed by atoms with Crippen molar-refractivity contribution < 1.29 is 23.5 Å². The maximum Gasteiger partial charge on any atom is 0.355 e. The summed E-state index contributed by atoms with van der Waals surface area (Å²) in [6, 6.07) is 12.5. The normalized spacial score (nSPS) is 12.1. The Morgan fingerprint density at radius 1 is 1.14 bits per heavy atom. The highest BCUT2D eigenvalue weighted by Crippen LogP contribution is 2.19. The first-order chi connectivity index (χ1) is 13.3. The third kappa shape index (κ3) is 6.21. The highest BCUT2D eigenvalue weighted by atomic mass is 35.5. The second-order valence-electron chi connectivity index (χ2n) is 5.82. The Bertz CT molecular complexity index is 916. The molecule has 0 radical (unpaired) electrons. The molecule has 2 rings (SSSR count). The zero-order chi connectivity index (χ0) is 20.7. The summed E-state index contributed by atoms with van der Waals surface area (Å²) in [7, 11) is 0. The predicted molar refractivity (Wildman–Crippen MR) is 104 cm³/mol. The van der Waals surface area contributed by atoms with E-state index in [4.69, 9.17) is 16.3 Å². The van der Waals surface area contributed by atoms with Crippen LogP contribution in [0.15, 0.2) is 54.2 Å². The quantitative estimate of drug-likeness (QED) is 0.570. The Morgan fingerprint density at radius 2 is 1.82 bits per heavy atom. The molecule has 2 aromatic rings. The molecule has 0 aromatic heterocycles. The Hall–Kier alpha value is -3.19. The van der Waals surface area contributed by atoms with E-state index in [-0.39, 0.29) is 16.4 Å². The number of amides is 2. The topological polar surface area (TPSA) is 84.5 Å². The monoisotopic (exact) mass is 404 g/mol. The van der Waals surface area contributed by atoms with Crippen molar-refractivity contribution in [3.05, 3.63) is 70.6 Å². The van der Waals surface area contributed by atoms with Gasteiger partial charge in [0.05, 0.1) is 5.02 Å². The summed E-state index contributed by atoms with van der Waals surface area (Å²) in [4.78, 5) is 36.0. The van der Waals surface area contributed by atoms with E-state index in [1.54, 1.807) is 24.3 Å². The lowest BCUT2D eigenvalue weighted by Crippen LogP contribution is -2.33. The van der Waals surface area contributed by atoms with Gasteiger partial charge in [0.1, 0.15) is 11.5 Å². The number of hydrogen-bond donors (Lipinski definition) is 2. The van der Waals surface area contributed by atoms with Crippen LogP contribution in [0, 0.1) is 5.82 Å². The molecule has 0 bridgehead atoms. The molecule has 28 heavy (non-hydrogen) atoms. The lowest BCUT2D eigenvalue weighted by molar-refractivity contribution is -0.149.